The maximum atomic E-state index is 6.42. The Morgan fingerprint density at radius 2 is 2.17 bits per heavy atom. The Kier molecular flexibility index (Phi) is 4.78. The minimum Gasteiger partial charge on any atom is -0.379 e. The van der Waals surface area contributed by atoms with Crippen LogP contribution in [0.5, 0.6) is 0 Å². The molecule has 18 heavy (non-hydrogen) atoms. The topological polar surface area (TPSA) is 38.5 Å². The Labute approximate surface area is 114 Å². The standard InChI is InChI=1S/C14H24N2OS/c1-14(2,16-6-8-17-9-7-16)13(15)4-3-12-5-10-18-11-12/h5,10-11,13H,3-4,6-9,15H2,1-2H3. The number of morpholine rings is 1. The van der Waals surface area contributed by atoms with Gasteiger partial charge in [0, 0.05) is 24.7 Å². The predicted octanol–water partition coefficient (Wildman–Crippen LogP) is 2.12. The first-order valence-corrected chi connectivity index (χ1v) is 7.64. The minimum atomic E-state index is 0.0554. The maximum Gasteiger partial charge on any atom is 0.0594 e. The Morgan fingerprint density at radius 1 is 1.44 bits per heavy atom. The van der Waals surface area contributed by atoms with Crippen molar-refractivity contribution in [1.29, 1.82) is 0 Å². The number of nitrogens with zero attached hydrogens (tertiary/aromatic N) is 1. The Balaban J connectivity index is 1.87. The first-order valence-electron chi connectivity index (χ1n) is 6.70. The molecule has 2 N–H and O–H groups in total. The quantitative estimate of drug-likeness (QED) is 0.889. The first kappa shape index (κ1) is 14.0. The van der Waals surface area contributed by atoms with Crippen LogP contribution in [0.15, 0.2) is 16.8 Å². The molecule has 1 aliphatic heterocycles. The third-order valence-electron chi connectivity index (χ3n) is 4.06. The van der Waals surface area contributed by atoms with Gasteiger partial charge in [-0.2, -0.15) is 11.3 Å². The van der Waals surface area contributed by atoms with E-state index in [4.69, 9.17) is 10.5 Å². The average molecular weight is 268 g/mol. The van der Waals surface area contributed by atoms with Gasteiger partial charge >= 0.3 is 0 Å². The largest absolute Gasteiger partial charge is 0.379 e. The van der Waals surface area contributed by atoms with E-state index in [-0.39, 0.29) is 11.6 Å². The van der Waals surface area contributed by atoms with Crippen LogP contribution in [0, 0.1) is 0 Å². The van der Waals surface area contributed by atoms with Crippen molar-refractivity contribution >= 4 is 11.3 Å². The van der Waals surface area contributed by atoms with E-state index < -0.39 is 0 Å². The monoisotopic (exact) mass is 268 g/mol. The smallest absolute Gasteiger partial charge is 0.0594 e. The predicted molar refractivity (Wildman–Crippen MR) is 77.1 cm³/mol. The summed E-state index contributed by atoms with van der Waals surface area (Å²) < 4.78 is 5.41. The van der Waals surface area contributed by atoms with Gasteiger partial charge in [0.25, 0.3) is 0 Å². The van der Waals surface area contributed by atoms with Gasteiger partial charge in [0.05, 0.1) is 13.2 Å². The van der Waals surface area contributed by atoms with Gasteiger partial charge in [0.1, 0.15) is 0 Å². The van der Waals surface area contributed by atoms with E-state index in [1.54, 1.807) is 11.3 Å². The second-order valence-electron chi connectivity index (χ2n) is 5.53. The first-order chi connectivity index (χ1) is 8.60. The summed E-state index contributed by atoms with van der Waals surface area (Å²) in [5.41, 5.74) is 7.89. The lowest BCUT2D eigenvalue weighted by molar-refractivity contribution is -0.0194. The van der Waals surface area contributed by atoms with E-state index in [0.717, 1.165) is 39.1 Å². The molecule has 102 valence electrons. The fourth-order valence-corrected chi connectivity index (χ4v) is 3.19. The molecule has 0 saturated carbocycles. The Hall–Kier alpha value is -0.420. The summed E-state index contributed by atoms with van der Waals surface area (Å²) in [6, 6.07) is 2.40. The SMILES string of the molecule is CC(C)(C(N)CCc1ccsc1)N1CCOCC1. The number of rotatable bonds is 5. The van der Waals surface area contributed by atoms with E-state index in [1.165, 1.54) is 5.56 Å². The van der Waals surface area contributed by atoms with E-state index in [1.807, 2.05) is 0 Å². The lowest BCUT2D eigenvalue weighted by Crippen LogP contribution is -2.59. The summed E-state index contributed by atoms with van der Waals surface area (Å²) in [5, 5.41) is 4.35. The van der Waals surface area contributed by atoms with Gasteiger partial charge in [-0.15, -0.1) is 0 Å². The minimum absolute atomic E-state index is 0.0554. The van der Waals surface area contributed by atoms with Crippen LogP contribution in [0.25, 0.3) is 0 Å². The van der Waals surface area contributed by atoms with Gasteiger partial charge in [-0.25, -0.2) is 0 Å². The third-order valence-corrected chi connectivity index (χ3v) is 4.79. The molecule has 0 radical (unpaired) electrons. The summed E-state index contributed by atoms with van der Waals surface area (Å²) in [7, 11) is 0. The molecule has 0 bridgehead atoms. The second-order valence-corrected chi connectivity index (χ2v) is 6.31. The van der Waals surface area contributed by atoms with Gasteiger partial charge in [0.2, 0.25) is 0 Å². The number of aryl methyl sites for hydroxylation is 1. The van der Waals surface area contributed by atoms with Gasteiger partial charge in [-0.1, -0.05) is 0 Å². The zero-order valence-corrected chi connectivity index (χ0v) is 12.2. The van der Waals surface area contributed by atoms with Crippen LogP contribution in [0.2, 0.25) is 0 Å². The molecule has 1 fully saturated rings. The highest BCUT2D eigenvalue weighted by Crippen LogP contribution is 2.22. The van der Waals surface area contributed by atoms with E-state index in [0.29, 0.717) is 0 Å². The molecule has 0 aromatic carbocycles. The fourth-order valence-electron chi connectivity index (χ4n) is 2.48. The number of hydrogen-bond acceptors (Lipinski definition) is 4. The average Bonchev–Trinajstić information content (AvgIpc) is 2.90. The zero-order valence-electron chi connectivity index (χ0n) is 11.4. The van der Waals surface area contributed by atoms with Crippen LogP contribution in [0.1, 0.15) is 25.8 Å². The third kappa shape index (κ3) is 3.32. The Morgan fingerprint density at radius 3 is 2.78 bits per heavy atom. The molecule has 1 saturated heterocycles. The molecule has 1 aromatic rings. The summed E-state index contributed by atoms with van der Waals surface area (Å²) in [5.74, 6) is 0. The molecular weight excluding hydrogens is 244 g/mol. The molecular formula is C14H24N2OS. The van der Waals surface area contributed by atoms with Crippen molar-refractivity contribution in [1.82, 2.24) is 4.90 Å². The zero-order chi connectivity index (χ0) is 13.0. The van der Waals surface area contributed by atoms with Crippen molar-refractivity contribution in [3.63, 3.8) is 0 Å². The van der Waals surface area contributed by atoms with Crippen LogP contribution >= 0.6 is 11.3 Å². The Bertz CT molecular complexity index is 345. The number of thiophene rings is 1. The summed E-state index contributed by atoms with van der Waals surface area (Å²) in [6.07, 6.45) is 2.12. The van der Waals surface area contributed by atoms with Crippen molar-refractivity contribution in [3.05, 3.63) is 22.4 Å². The summed E-state index contributed by atoms with van der Waals surface area (Å²) in [6.45, 7) is 8.19. The second kappa shape index (κ2) is 6.15. The van der Waals surface area contributed by atoms with Crippen LogP contribution in [-0.2, 0) is 11.2 Å². The molecule has 1 aliphatic rings. The summed E-state index contributed by atoms with van der Waals surface area (Å²) >= 11 is 1.76. The lowest BCUT2D eigenvalue weighted by atomic mass is 9.88. The molecule has 2 heterocycles. The van der Waals surface area contributed by atoms with Crippen LogP contribution < -0.4 is 5.73 Å². The number of hydrogen-bond donors (Lipinski definition) is 1. The van der Waals surface area contributed by atoms with Crippen LogP contribution in [0.3, 0.4) is 0 Å². The van der Waals surface area contributed by atoms with Crippen molar-refractivity contribution in [3.8, 4) is 0 Å². The molecule has 0 aliphatic carbocycles. The number of nitrogens with two attached hydrogens (primary N) is 1. The van der Waals surface area contributed by atoms with Gasteiger partial charge in [-0.05, 0) is 49.1 Å². The van der Waals surface area contributed by atoms with E-state index in [2.05, 4.69) is 35.6 Å². The van der Waals surface area contributed by atoms with Gasteiger partial charge in [-0.3, -0.25) is 4.90 Å². The van der Waals surface area contributed by atoms with Crippen LogP contribution in [-0.4, -0.2) is 42.8 Å². The molecule has 0 spiro atoms. The molecule has 3 nitrogen and oxygen atoms in total. The van der Waals surface area contributed by atoms with Crippen molar-refractivity contribution in [2.45, 2.75) is 38.3 Å². The van der Waals surface area contributed by atoms with E-state index >= 15 is 0 Å². The van der Waals surface area contributed by atoms with Crippen molar-refractivity contribution in [2.75, 3.05) is 26.3 Å². The van der Waals surface area contributed by atoms with Crippen molar-refractivity contribution in [2.24, 2.45) is 5.73 Å². The van der Waals surface area contributed by atoms with Gasteiger partial charge < -0.3 is 10.5 Å². The number of ether oxygens (including phenoxy) is 1. The lowest BCUT2D eigenvalue weighted by Gasteiger charge is -2.44. The molecule has 1 unspecified atom stereocenters. The molecule has 2 rings (SSSR count). The van der Waals surface area contributed by atoms with Gasteiger partial charge in [0.15, 0.2) is 0 Å². The fraction of sp³-hybridized carbons (Fsp3) is 0.714. The highest BCUT2D eigenvalue weighted by molar-refractivity contribution is 7.07. The van der Waals surface area contributed by atoms with E-state index in [9.17, 15) is 0 Å². The molecule has 0 amide bonds. The van der Waals surface area contributed by atoms with Crippen molar-refractivity contribution < 1.29 is 4.74 Å². The maximum absolute atomic E-state index is 6.42. The summed E-state index contributed by atoms with van der Waals surface area (Å²) in [4.78, 5) is 2.47. The highest BCUT2D eigenvalue weighted by Gasteiger charge is 2.33. The molecule has 4 heteroatoms. The molecule has 1 atom stereocenters. The highest BCUT2D eigenvalue weighted by atomic mass is 32.1. The normalized spacial score (nSPS) is 19.9. The van der Waals surface area contributed by atoms with Crippen LogP contribution in [0.4, 0.5) is 0 Å². The molecule has 1 aromatic heterocycles.